The first kappa shape index (κ1) is 20.7. The quantitative estimate of drug-likeness (QED) is 0.416. The molecule has 9 nitrogen and oxygen atoms in total. The van der Waals surface area contributed by atoms with E-state index in [-0.39, 0.29) is 23.9 Å². The Morgan fingerprint density at radius 1 is 1.06 bits per heavy atom. The fourth-order valence-electron chi connectivity index (χ4n) is 2.84. The van der Waals surface area contributed by atoms with E-state index in [0.717, 1.165) is 0 Å². The zero-order valence-electron chi connectivity index (χ0n) is 16.4. The maximum Gasteiger partial charge on any atom is 0.240 e. The Hall–Kier alpha value is -3.57. The summed E-state index contributed by atoms with van der Waals surface area (Å²) in [4.78, 5) is 0.0932. The summed E-state index contributed by atoms with van der Waals surface area (Å²) < 4.78 is 52.8. The van der Waals surface area contributed by atoms with Gasteiger partial charge in [-0.2, -0.15) is 4.52 Å². The number of halogens is 1. The Bertz CT molecular complexity index is 1330. The number of hydrogen-bond donors (Lipinski definition) is 1. The van der Waals surface area contributed by atoms with Crippen LogP contribution in [-0.2, 0) is 10.0 Å². The molecule has 0 atom stereocenters. The molecule has 0 fully saturated rings. The second kappa shape index (κ2) is 8.66. The molecule has 0 bridgehead atoms. The van der Waals surface area contributed by atoms with Crippen LogP contribution in [0.4, 0.5) is 4.39 Å². The van der Waals surface area contributed by atoms with E-state index in [4.69, 9.17) is 9.47 Å². The lowest BCUT2D eigenvalue weighted by molar-refractivity contribution is 0.306. The highest BCUT2D eigenvalue weighted by Crippen LogP contribution is 2.20. The molecule has 0 saturated carbocycles. The lowest BCUT2D eigenvalue weighted by Gasteiger charge is -2.09. The third-order valence-electron chi connectivity index (χ3n) is 4.32. The van der Waals surface area contributed by atoms with Gasteiger partial charge in [0.25, 0.3) is 0 Å². The van der Waals surface area contributed by atoms with Gasteiger partial charge in [0.15, 0.2) is 11.5 Å². The van der Waals surface area contributed by atoms with Crippen molar-refractivity contribution in [3.05, 3.63) is 66.5 Å². The van der Waals surface area contributed by atoms with E-state index in [1.54, 1.807) is 36.4 Å². The first-order chi connectivity index (χ1) is 15.0. The van der Waals surface area contributed by atoms with Crippen molar-refractivity contribution in [1.82, 2.24) is 24.5 Å². The van der Waals surface area contributed by atoms with Crippen molar-refractivity contribution in [2.24, 2.45) is 0 Å². The highest BCUT2D eigenvalue weighted by Gasteiger charge is 2.15. The van der Waals surface area contributed by atoms with Gasteiger partial charge in [-0.1, -0.05) is 18.2 Å². The van der Waals surface area contributed by atoms with E-state index in [2.05, 4.69) is 20.0 Å². The number of benzene rings is 2. The van der Waals surface area contributed by atoms with Crippen molar-refractivity contribution in [3.63, 3.8) is 0 Å². The van der Waals surface area contributed by atoms with Gasteiger partial charge in [0.2, 0.25) is 15.9 Å². The van der Waals surface area contributed by atoms with Crippen LogP contribution in [0.3, 0.4) is 0 Å². The molecule has 2 aromatic heterocycles. The molecular formula is C20H18FN5O4S. The molecule has 0 saturated heterocycles. The fourth-order valence-corrected chi connectivity index (χ4v) is 3.89. The van der Waals surface area contributed by atoms with Crippen LogP contribution in [0, 0.1) is 5.82 Å². The maximum absolute atomic E-state index is 13.5. The molecule has 4 aromatic rings. The average molecular weight is 443 g/mol. The third kappa shape index (κ3) is 4.62. The third-order valence-corrected chi connectivity index (χ3v) is 5.78. The van der Waals surface area contributed by atoms with E-state index in [9.17, 15) is 12.8 Å². The normalized spacial score (nSPS) is 11.5. The van der Waals surface area contributed by atoms with Crippen molar-refractivity contribution < 1.29 is 22.3 Å². The Kier molecular flexibility index (Phi) is 5.78. The second-order valence-corrected chi connectivity index (χ2v) is 8.17. The Morgan fingerprint density at radius 3 is 2.71 bits per heavy atom. The van der Waals surface area contributed by atoms with Gasteiger partial charge in [-0.25, -0.2) is 17.5 Å². The largest absolute Gasteiger partial charge is 0.497 e. The lowest BCUT2D eigenvalue weighted by Crippen LogP contribution is -2.28. The SMILES string of the molecule is COc1cccc(S(=O)(=O)NCCOc2ccc3nnc(-c4cccc(F)c4)n3n2)c1. The molecule has 160 valence electrons. The predicted molar refractivity (Wildman–Crippen MR) is 110 cm³/mol. The second-order valence-electron chi connectivity index (χ2n) is 6.40. The van der Waals surface area contributed by atoms with Crippen LogP contribution in [0.15, 0.2) is 65.6 Å². The van der Waals surface area contributed by atoms with Crippen LogP contribution in [0.25, 0.3) is 17.0 Å². The fraction of sp³-hybridized carbons (Fsp3) is 0.150. The molecular weight excluding hydrogens is 425 g/mol. The van der Waals surface area contributed by atoms with Gasteiger partial charge in [-0.15, -0.1) is 15.3 Å². The highest BCUT2D eigenvalue weighted by molar-refractivity contribution is 7.89. The Balaban J connectivity index is 1.43. The van der Waals surface area contributed by atoms with Gasteiger partial charge >= 0.3 is 0 Å². The summed E-state index contributed by atoms with van der Waals surface area (Å²) in [7, 11) is -2.25. The number of sulfonamides is 1. The molecule has 11 heteroatoms. The summed E-state index contributed by atoms with van der Waals surface area (Å²) in [6.07, 6.45) is 0. The molecule has 0 spiro atoms. The summed E-state index contributed by atoms with van der Waals surface area (Å²) >= 11 is 0. The van der Waals surface area contributed by atoms with Gasteiger partial charge in [0, 0.05) is 24.2 Å². The van der Waals surface area contributed by atoms with Gasteiger partial charge in [0.1, 0.15) is 18.2 Å². The predicted octanol–water partition coefficient (Wildman–Crippen LogP) is 2.30. The molecule has 31 heavy (non-hydrogen) atoms. The van der Waals surface area contributed by atoms with E-state index < -0.39 is 15.8 Å². The number of nitrogens with zero attached hydrogens (tertiary/aromatic N) is 4. The van der Waals surface area contributed by atoms with E-state index in [1.165, 1.54) is 35.9 Å². The molecule has 4 rings (SSSR count). The molecule has 0 unspecified atom stereocenters. The molecule has 0 aliphatic heterocycles. The highest BCUT2D eigenvalue weighted by atomic mass is 32.2. The van der Waals surface area contributed by atoms with Crippen molar-refractivity contribution in [2.45, 2.75) is 4.90 Å². The van der Waals surface area contributed by atoms with Gasteiger partial charge in [0.05, 0.1) is 12.0 Å². The van der Waals surface area contributed by atoms with Crippen molar-refractivity contribution >= 4 is 15.7 Å². The minimum atomic E-state index is -3.71. The van der Waals surface area contributed by atoms with Crippen LogP contribution in [-0.4, -0.2) is 48.5 Å². The molecule has 2 aromatic carbocycles. The zero-order valence-corrected chi connectivity index (χ0v) is 17.2. The van der Waals surface area contributed by atoms with Crippen LogP contribution in [0.2, 0.25) is 0 Å². The number of hydrogen-bond acceptors (Lipinski definition) is 7. The number of aromatic nitrogens is 4. The zero-order chi connectivity index (χ0) is 21.8. The standard InChI is InChI=1S/C20H18FN5O4S/c1-29-16-6-3-7-17(13-16)31(27,28)22-10-11-30-19-9-8-18-23-24-20(26(18)25-19)14-4-2-5-15(21)12-14/h2-9,12-13,22H,10-11H2,1H3. The smallest absolute Gasteiger partial charge is 0.240 e. The van der Waals surface area contributed by atoms with Gasteiger partial charge < -0.3 is 9.47 Å². The molecule has 0 aliphatic carbocycles. The summed E-state index contributed by atoms with van der Waals surface area (Å²) in [5.41, 5.74) is 0.980. The maximum atomic E-state index is 13.5. The first-order valence-corrected chi connectivity index (χ1v) is 10.7. The number of methoxy groups -OCH3 is 1. The molecule has 0 amide bonds. The minimum absolute atomic E-state index is 0.0260. The Labute approximate surface area is 177 Å². The summed E-state index contributed by atoms with van der Waals surface area (Å²) in [5.74, 6) is 0.647. The van der Waals surface area contributed by atoms with Crippen molar-refractivity contribution in [1.29, 1.82) is 0 Å². The van der Waals surface area contributed by atoms with Crippen LogP contribution in [0.5, 0.6) is 11.6 Å². The van der Waals surface area contributed by atoms with E-state index >= 15 is 0 Å². The van der Waals surface area contributed by atoms with Crippen LogP contribution in [0.1, 0.15) is 0 Å². The van der Waals surface area contributed by atoms with E-state index in [1.807, 2.05) is 0 Å². The number of ether oxygens (including phenoxy) is 2. The summed E-state index contributed by atoms with van der Waals surface area (Å²) in [6, 6.07) is 15.3. The molecule has 0 aliphatic rings. The topological polar surface area (TPSA) is 108 Å². The lowest BCUT2D eigenvalue weighted by atomic mass is 10.2. The average Bonchev–Trinajstić information content (AvgIpc) is 3.20. The molecule has 0 radical (unpaired) electrons. The summed E-state index contributed by atoms with van der Waals surface area (Å²) in [6.45, 7) is 0.0668. The number of nitrogens with one attached hydrogen (secondary N) is 1. The minimum Gasteiger partial charge on any atom is -0.497 e. The van der Waals surface area contributed by atoms with Crippen molar-refractivity contribution in [3.8, 4) is 23.0 Å². The van der Waals surface area contributed by atoms with Gasteiger partial charge in [-0.05, 0) is 30.3 Å². The first-order valence-electron chi connectivity index (χ1n) is 9.21. The van der Waals surface area contributed by atoms with Gasteiger partial charge in [-0.3, -0.25) is 0 Å². The monoisotopic (exact) mass is 443 g/mol. The number of rotatable bonds is 8. The molecule has 2 heterocycles. The summed E-state index contributed by atoms with van der Waals surface area (Å²) in [5, 5.41) is 12.4. The van der Waals surface area contributed by atoms with Crippen LogP contribution >= 0.6 is 0 Å². The molecule has 1 N–H and O–H groups in total. The number of fused-ring (bicyclic) bond motifs is 1. The Morgan fingerprint density at radius 2 is 1.90 bits per heavy atom. The van der Waals surface area contributed by atoms with Crippen LogP contribution < -0.4 is 14.2 Å². The van der Waals surface area contributed by atoms with Crippen molar-refractivity contribution in [2.75, 3.05) is 20.3 Å². The van der Waals surface area contributed by atoms with E-state index in [0.29, 0.717) is 22.8 Å².